The molecule has 1 amide bonds. The first kappa shape index (κ1) is 18.3. The third-order valence-electron chi connectivity index (χ3n) is 4.71. The summed E-state index contributed by atoms with van der Waals surface area (Å²) >= 11 is 0. The molecule has 1 fully saturated rings. The van der Waals surface area contributed by atoms with Gasteiger partial charge in [0.2, 0.25) is 0 Å². The molecule has 1 heterocycles. The molecule has 1 aliphatic rings. The zero-order valence-electron chi connectivity index (χ0n) is 14.7. The van der Waals surface area contributed by atoms with Crippen molar-refractivity contribution in [1.29, 1.82) is 0 Å². The van der Waals surface area contributed by atoms with Crippen LogP contribution in [0.5, 0.6) is 0 Å². The summed E-state index contributed by atoms with van der Waals surface area (Å²) in [6.45, 7) is 1.36. The number of nitrogens with one attached hydrogen (secondary N) is 1. The van der Waals surface area contributed by atoms with E-state index in [-0.39, 0.29) is 5.69 Å². The van der Waals surface area contributed by atoms with Crippen LogP contribution in [0.15, 0.2) is 42.5 Å². The third kappa shape index (κ3) is 4.58. The molecule has 0 saturated carbocycles. The van der Waals surface area contributed by atoms with Gasteiger partial charge in [0, 0.05) is 11.6 Å². The van der Waals surface area contributed by atoms with Crippen molar-refractivity contribution in [2.75, 3.05) is 25.5 Å². The molecule has 2 aromatic rings. The van der Waals surface area contributed by atoms with Crippen molar-refractivity contribution in [2.24, 2.45) is 0 Å². The highest BCUT2D eigenvalue weighted by atomic mass is 19.1. The van der Waals surface area contributed by atoms with E-state index in [0.717, 1.165) is 25.8 Å². The summed E-state index contributed by atoms with van der Waals surface area (Å²) in [5.74, 6) is -0.894. The number of carbonyl (C=O) groups excluding carboxylic acids is 1. The average Bonchev–Trinajstić information content (AvgIpc) is 3.00. The molecule has 4 nitrogen and oxygen atoms in total. The lowest BCUT2D eigenvalue weighted by molar-refractivity contribution is 0.147. The fourth-order valence-corrected chi connectivity index (χ4v) is 3.31. The molecule has 6 heteroatoms. The Labute approximate surface area is 151 Å². The minimum Gasteiger partial charge on any atom is -0.449 e. The molecule has 0 aromatic heterocycles. The maximum absolute atomic E-state index is 13.6. The standard InChI is InChI=1S/C20H22F2N2O2/c1-24-10-3-6-17(24)9-11-26-20(25)23-19-13-16(22)7-8-18(19)14-4-2-5-15(21)12-14/h2,4-5,7-8,12-13,17H,3,6,9-11H2,1H3,(H,23,25). The molecule has 1 aliphatic heterocycles. The molecule has 1 atom stereocenters. The van der Waals surface area contributed by atoms with Crippen molar-refractivity contribution < 1.29 is 18.3 Å². The Kier molecular flexibility index (Phi) is 5.83. The molecule has 0 bridgehead atoms. The van der Waals surface area contributed by atoms with E-state index in [4.69, 9.17) is 4.74 Å². The van der Waals surface area contributed by atoms with E-state index >= 15 is 0 Å². The van der Waals surface area contributed by atoms with E-state index in [1.54, 1.807) is 12.1 Å². The molecule has 3 rings (SSSR count). The Morgan fingerprint density at radius 3 is 2.77 bits per heavy atom. The predicted molar refractivity (Wildman–Crippen MR) is 97.0 cm³/mol. The molecule has 1 unspecified atom stereocenters. The summed E-state index contributed by atoms with van der Waals surface area (Å²) in [7, 11) is 2.07. The number of rotatable bonds is 5. The first-order valence-electron chi connectivity index (χ1n) is 8.72. The van der Waals surface area contributed by atoms with Crippen LogP contribution in [-0.4, -0.2) is 37.2 Å². The fraction of sp³-hybridized carbons (Fsp3) is 0.350. The van der Waals surface area contributed by atoms with Gasteiger partial charge in [0.25, 0.3) is 0 Å². The molecule has 138 valence electrons. The van der Waals surface area contributed by atoms with Crippen LogP contribution in [0.4, 0.5) is 19.3 Å². The van der Waals surface area contributed by atoms with Crippen molar-refractivity contribution in [2.45, 2.75) is 25.3 Å². The zero-order chi connectivity index (χ0) is 18.5. The van der Waals surface area contributed by atoms with Crippen molar-refractivity contribution in [3.63, 3.8) is 0 Å². The van der Waals surface area contributed by atoms with Crippen molar-refractivity contribution >= 4 is 11.8 Å². The highest BCUT2D eigenvalue weighted by molar-refractivity contribution is 5.91. The van der Waals surface area contributed by atoms with Crippen LogP contribution in [0.3, 0.4) is 0 Å². The van der Waals surface area contributed by atoms with E-state index in [9.17, 15) is 13.6 Å². The lowest BCUT2D eigenvalue weighted by Crippen LogP contribution is -2.27. The lowest BCUT2D eigenvalue weighted by Gasteiger charge is -2.19. The maximum Gasteiger partial charge on any atom is 0.411 e. The van der Waals surface area contributed by atoms with Gasteiger partial charge in [-0.3, -0.25) is 5.32 Å². The Hall–Kier alpha value is -2.47. The molecule has 2 aromatic carbocycles. The molecule has 1 N–H and O–H groups in total. The van der Waals surface area contributed by atoms with Gasteiger partial charge >= 0.3 is 6.09 Å². The number of anilines is 1. The van der Waals surface area contributed by atoms with Crippen LogP contribution < -0.4 is 5.32 Å². The average molecular weight is 360 g/mol. The molecule has 0 radical (unpaired) electrons. The first-order chi connectivity index (χ1) is 12.5. The Morgan fingerprint density at radius 2 is 2.04 bits per heavy atom. The van der Waals surface area contributed by atoms with Crippen LogP contribution in [0.1, 0.15) is 19.3 Å². The number of ether oxygens (including phenoxy) is 1. The van der Waals surface area contributed by atoms with E-state index in [1.807, 2.05) is 0 Å². The van der Waals surface area contributed by atoms with Crippen LogP contribution in [0, 0.1) is 11.6 Å². The fourth-order valence-electron chi connectivity index (χ4n) is 3.31. The largest absolute Gasteiger partial charge is 0.449 e. The molecular formula is C20H22F2N2O2. The number of likely N-dealkylation sites (tertiary alicyclic amines) is 1. The minimum atomic E-state index is -0.645. The predicted octanol–water partition coefficient (Wildman–Crippen LogP) is 4.66. The summed E-state index contributed by atoms with van der Waals surface area (Å²) < 4.78 is 32.3. The molecular weight excluding hydrogens is 338 g/mol. The van der Waals surface area contributed by atoms with Crippen LogP contribution in [0.25, 0.3) is 11.1 Å². The quantitative estimate of drug-likeness (QED) is 0.843. The SMILES string of the molecule is CN1CCCC1CCOC(=O)Nc1cc(F)ccc1-c1cccc(F)c1. The van der Waals surface area contributed by atoms with Crippen LogP contribution >= 0.6 is 0 Å². The molecule has 26 heavy (non-hydrogen) atoms. The van der Waals surface area contributed by atoms with Gasteiger partial charge in [-0.15, -0.1) is 0 Å². The highest BCUT2D eigenvalue weighted by Gasteiger charge is 2.21. The van der Waals surface area contributed by atoms with E-state index < -0.39 is 17.7 Å². The summed E-state index contributed by atoms with van der Waals surface area (Å²) in [4.78, 5) is 14.3. The second-order valence-corrected chi connectivity index (χ2v) is 6.53. The van der Waals surface area contributed by atoms with Gasteiger partial charge in [-0.2, -0.15) is 0 Å². The smallest absolute Gasteiger partial charge is 0.411 e. The molecule has 1 saturated heterocycles. The summed E-state index contributed by atoms with van der Waals surface area (Å²) in [5.41, 5.74) is 1.32. The number of hydrogen-bond acceptors (Lipinski definition) is 3. The first-order valence-corrected chi connectivity index (χ1v) is 8.72. The van der Waals surface area contributed by atoms with Gasteiger partial charge in [0.15, 0.2) is 0 Å². The topological polar surface area (TPSA) is 41.6 Å². The van der Waals surface area contributed by atoms with E-state index in [0.29, 0.717) is 23.8 Å². The Morgan fingerprint density at radius 1 is 1.23 bits per heavy atom. The highest BCUT2D eigenvalue weighted by Crippen LogP contribution is 2.29. The zero-order valence-corrected chi connectivity index (χ0v) is 14.7. The van der Waals surface area contributed by atoms with Gasteiger partial charge in [0.1, 0.15) is 11.6 Å². The van der Waals surface area contributed by atoms with E-state index in [2.05, 4.69) is 17.3 Å². The minimum absolute atomic E-state index is 0.249. The Bertz CT molecular complexity index is 782. The monoisotopic (exact) mass is 360 g/mol. The molecule has 0 spiro atoms. The Balaban J connectivity index is 1.65. The van der Waals surface area contributed by atoms with Crippen molar-refractivity contribution in [3.05, 3.63) is 54.1 Å². The van der Waals surface area contributed by atoms with Crippen molar-refractivity contribution in [1.82, 2.24) is 4.90 Å². The van der Waals surface area contributed by atoms with Crippen molar-refractivity contribution in [3.8, 4) is 11.1 Å². The number of nitrogens with zero attached hydrogens (tertiary/aromatic N) is 1. The van der Waals surface area contributed by atoms with Gasteiger partial charge < -0.3 is 9.64 Å². The van der Waals surface area contributed by atoms with Gasteiger partial charge in [-0.1, -0.05) is 12.1 Å². The number of hydrogen-bond donors (Lipinski definition) is 1. The maximum atomic E-state index is 13.6. The van der Waals surface area contributed by atoms with Gasteiger partial charge in [-0.25, -0.2) is 13.6 Å². The van der Waals surface area contributed by atoms with E-state index in [1.165, 1.54) is 30.3 Å². The van der Waals surface area contributed by atoms with Crippen LogP contribution in [0.2, 0.25) is 0 Å². The van der Waals surface area contributed by atoms with Crippen LogP contribution in [-0.2, 0) is 4.74 Å². The number of amides is 1. The number of halogens is 2. The second kappa shape index (κ2) is 8.27. The third-order valence-corrected chi connectivity index (χ3v) is 4.71. The second-order valence-electron chi connectivity index (χ2n) is 6.53. The van der Waals surface area contributed by atoms with Gasteiger partial charge in [-0.05, 0) is 68.8 Å². The molecule has 0 aliphatic carbocycles. The normalized spacial score (nSPS) is 17.3. The summed E-state index contributed by atoms with van der Waals surface area (Å²) in [6.07, 6.45) is 2.39. The number of benzene rings is 2. The lowest BCUT2D eigenvalue weighted by atomic mass is 10.0. The van der Waals surface area contributed by atoms with Gasteiger partial charge in [0.05, 0.1) is 12.3 Å². The number of carbonyl (C=O) groups is 1. The summed E-state index contributed by atoms with van der Waals surface area (Å²) in [5, 5.41) is 2.57. The summed E-state index contributed by atoms with van der Waals surface area (Å²) in [6, 6.07) is 10.3.